The Balaban J connectivity index is 1.23. The summed E-state index contributed by atoms with van der Waals surface area (Å²) in [4.78, 5) is 6.82. The van der Waals surface area contributed by atoms with Gasteiger partial charge in [-0.1, -0.05) is 158 Å². The second-order valence-electron chi connectivity index (χ2n) is 13.8. The SMILES string of the molecule is OC(c1ccccc1)(c1ccccc1)[C@H](Cc1c[nH]c2ccccc12)NC(=S)N[C@@H](Cc1c[nH]c2ccccc12)C(O)(c1ccccc1)c1ccccc1. The molecule has 0 fully saturated rings. The molecule has 0 saturated carbocycles. The highest BCUT2D eigenvalue weighted by molar-refractivity contribution is 7.80. The largest absolute Gasteiger partial charge is 0.378 e. The van der Waals surface area contributed by atoms with Gasteiger partial charge in [0, 0.05) is 34.2 Å². The standard InChI is InChI=1S/C47H42N4O2S/c52-46(35-17-5-1-6-18-35,36-19-7-2-8-20-36)43(29-33-31-48-41-27-15-13-25-39(33)41)50-45(54)51-44(30-34-32-49-42-28-16-14-26-40(34)42)47(53,37-21-9-3-10-22-37)38-23-11-4-12-24-38/h1-28,31-32,43-44,48-49,52-53H,29-30H2,(H2,50,51,54)/t43-,44-/m0/s1. The van der Waals surface area contributed by atoms with E-state index in [1.165, 1.54) is 0 Å². The van der Waals surface area contributed by atoms with E-state index in [2.05, 4.69) is 44.9 Å². The van der Waals surface area contributed by atoms with Crippen molar-refractivity contribution in [3.8, 4) is 0 Å². The van der Waals surface area contributed by atoms with Crippen LogP contribution >= 0.6 is 12.2 Å². The van der Waals surface area contributed by atoms with Crippen LogP contribution in [-0.4, -0.2) is 37.4 Å². The second kappa shape index (κ2) is 15.2. The minimum atomic E-state index is -1.51. The van der Waals surface area contributed by atoms with E-state index in [0.717, 1.165) is 55.2 Å². The molecule has 0 bridgehead atoms. The number of aliphatic hydroxyl groups is 2. The summed E-state index contributed by atoms with van der Waals surface area (Å²) in [6, 6.07) is 54.1. The first-order chi connectivity index (χ1) is 26.4. The Morgan fingerprint density at radius 2 is 0.759 bits per heavy atom. The topological polar surface area (TPSA) is 96.1 Å². The van der Waals surface area contributed by atoms with Crippen LogP contribution in [0.3, 0.4) is 0 Å². The van der Waals surface area contributed by atoms with Crippen LogP contribution in [0.4, 0.5) is 0 Å². The molecule has 2 aromatic heterocycles. The summed E-state index contributed by atoms with van der Waals surface area (Å²) in [6.45, 7) is 0. The van der Waals surface area contributed by atoms with Crippen molar-refractivity contribution in [2.45, 2.75) is 36.1 Å². The molecule has 7 heteroatoms. The first kappa shape index (κ1) is 35.1. The third kappa shape index (κ3) is 6.69. The maximum Gasteiger partial charge on any atom is 0.166 e. The summed E-state index contributed by atoms with van der Waals surface area (Å²) >= 11 is 6.27. The zero-order valence-electron chi connectivity index (χ0n) is 29.7. The van der Waals surface area contributed by atoms with Crippen LogP contribution in [0, 0.1) is 0 Å². The predicted molar refractivity (Wildman–Crippen MR) is 222 cm³/mol. The number of benzene rings is 6. The monoisotopic (exact) mass is 726 g/mol. The zero-order chi connectivity index (χ0) is 37.0. The lowest BCUT2D eigenvalue weighted by Crippen LogP contribution is -2.59. The molecule has 6 N–H and O–H groups in total. The van der Waals surface area contributed by atoms with Crippen LogP contribution in [0.15, 0.2) is 182 Å². The minimum absolute atomic E-state index is 0.306. The average molecular weight is 727 g/mol. The van der Waals surface area contributed by atoms with Gasteiger partial charge in [-0.2, -0.15) is 0 Å². The van der Waals surface area contributed by atoms with Gasteiger partial charge >= 0.3 is 0 Å². The third-order valence-electron chi connectivity index (χ3n) is 10.7. The van der Waals surface area contributed by atoms with Gasteiger partial charge in [-0.25, -0.2) is 0 Å². The van der Waals surface area contributed by atoms with E-state index in [1.807, 2.05) is 158 Å². The van der Waals surface area contributed by atoms with Crippen LogP contribution in [0.25, 0.3) is 21.8 Å². The van der Waals surface area contributed by atoms with Crippen molar-refractivity contribution >= 4 is 39.1 Å². The molecular formula is C47H42N4O2S. The molecule has 0 radical (unpaired) electrons. The van der Waals surface area contributed by atoms with Crippen LogP contribution in [0.1, 0.15) is 33.4 Å². The van der Waals surface area contributed by atoms with Gasteiger partial charge in [0.15, 0.2) is 5.11 Å². The molecule has 54 heavy (non-hydrogen) atoms. The number of thiocarbonyl (C=S) groups is 1. The lowest BCUT2D eigenvalue weighted by Gasteiger charge is -2.41. The molecule has 6 nitrogen and oxygen atoms in total. The Bertz CT molecular complexity index is 2210. The van der Waals surface area contributed by atoms with Gasteiger partial charge in [-0.3, -0.25) is 0 Å². The molecule has 0 saturated heterocycles. The lowest BCUT2D eigenvalue weighted by molar-refractivity contribution is 0.0388. The quantitative estimate of drug-likeness (QED) is 0.0711. The fourth-order valence-electron chi connectivity index (χ4n) is 7.91. The number of fused-ring (bicyclic) bond motifs is 2. The van der Waals surface area contributed by atoms with Gasteiger partial charge in [-0.15, -0.1) is 0 Å². The maximum absolute atomic E-state index is 13.2. The van der Waals surface area contributed by atoms with Crippen LogP contribution in [-0.2, 0) is 24.0 Å². The third-order valence-corrected chi connectivity index (χ3v) is 10.9. The van der Waals surface area contributed by atoms with Crippen molar-refractivity contribution in [2.75, 3.05) is 0 Å². The predicted octanol–water partition coefficient (Wildman–Crippen LogP) is 8.51. The number of H-pyrrole nitrogens is 2. The molecular weight excluding hydrogens is 685 g/mol. The second-order valence-corrected chi connectivity index (χ2v) is 14.3. The minimum Gasteiger partial charge on any atom is -0.378 e. The van der Waals surface area contributed by atoms with E-state index >= 15 is 0 Å². The molecule has 2 heterocycles. The Hall–Kier alpha value is -5.99. The summed E-state index contributed by atoms with van der Waals surface area (Å²) in [5.41, 5.74) is 4.03. The molecule has 268 valence electrons. The number of aromatic nitrogens is 2. The fraction of sp³-hybridized carbons (Fsp3) is 0.128. The fourth-order valence-corrected chi connectivity index (χ4v) is 8.20. The number of aromatic amines is 2. The molecule has 6 aromatic carbocycles. The first-order valence-corrected chi connectivity index (χ1v) is 18.7. The molecule has 0 aliphatic heterocycles. The van der Waals surface area contributed by atoms with Crippen molar-refractivity contribution in [1.82, 2.24) is 20.6 Å². The van der Waals surface area contributed by atoms with Crippen molar-refractivity contribution in [2.24, 2.45) is 0 Å². The van der Waals surface area contributed by atoms with Gasteiger partial charge in [0.05, 0.1) is 12.1 Å². The number of para-hydroxylation sites is 2. The molecule has 0 unspecified atom stereocenters. The van der Waals surface area contributed by atoms with Crippen molar-refractivity contribution in [3.05, 3.63) is 216 Å². The van der Waals surface area contributed by atoms with Gasteiger partial charge in [0.25, 0.3) is 0 Å². The van der Waals surface area contributed by atoms with E-state index in [4.69, 9.17) is 12.2 Å². The Morgan fingerprint density at radius 1 is 0.463 bits per heavy atom. The first-order valence-electron chi connectivity index (χ1n) is 18.3. The normalized spacial score (nSPS) is 13.1. The van der Waals surface area contributed by atoms with E-state index in [-0.39, 0.29) is 0 Å². The summed E-state index contributed by atoms with van der Waals surface area (Å²) < 4.78 is 0. The van der Waals surface area contributed by atoms with Crippen LogP contribution in [0.2, 0.25) is 0 Å². The zero-order valence-corrected chi connectivity index (χ0v) is 30.5. The molecule has 0 amide bonds. The van der Waals surface area contributed by atoms with Crippen LogP contribution < -0.4 is 10.6 Å². The summed E-state index contributed by atoms with van der Waals surface area (Å²) in [5, 5.41) is 36.1. The van der Waals surface area contributed by atoms with Gasteiger partial charge in [-0.05, 0) is 70.6 Å². The summed E-state index contributed by atoms with van der Waals surface area (Å²) in [7, 11) is 0. The van der Waals surface area contributed by atoms with E-state index in [9.17, 15) is 10.2 Å². The highest BCUT2D eigenvalue weighted by Crippen LogP contribution is 2.38. The van der Waals surface area contributed by atoms with E-state index < -0.39 is 23.3 Å². The van der Waals surface area contributed by atoms with Crippen molar-refractivity contribution < 1.29 is 10.2 Å². The smallest absolute Gasteiger partial charge is 0.166 e. The Labute approximate surface area is 320 Å². The number of nitrogens with one attached hydrogen (secondary N) is 4. The highest BCUT2D eigenvalue weighted by atomic mass is 32.1. The molecule has 0 aliphatic rings. The number of rotatable bonds is 12. The van der Waals surface area contributed by atoms with E-state index in [1.54, 1.807) is 0 Å². The Kier molecular flexibility index (Phi) is 9.85. The van der Waals surface area contributed by atoms with Crippen molar-refractivity contribution in [1.29, 1.82) is 0 Å². The highest BCUT2D eigenvalue weighted by Gasteiger charge is 2.44. The number of hydrogen-bond donors (Lipinski definition) is 6. The molecule has 8 rings (SSSR count). The van der Waals surface area contributed by atoms with Gasteiger partial charge in [0.2, 0.25) is 0 Å². The molecule has 0 spiro atoms. The molecule has 8 aromatic rings. The van der Waals surface area contributed by atoms with E-state index in [0.29, 0.717) is 18.0 Å². The van der Waals surface area contributed by atoms with Crippen molar-refractivity contribution in [3.63, 3.8) is 0 Å². The maximum atomic E-state index is 13.2. The Morgan fingerprint density at radius 3 is 1.09 bits per heavy atom. The molecule has 2 atom stereocenters. The van der Waals surface area contributed by atoms with Gasteiger partial charge < -0.3 is 30.8 Å². The van der Waals surface area contributed by atoms with Crippen LogP contribution in [0.5, 0.6) is 0 Å². The summed E-state index contributed by atoms with van der Waals surface area (Å²) in [5.74, 6) is 0. The summed E-state index contributed by atoms with van der Waals surface area (Å²) in [6.07, 6.45) is 4.88. The molecule has 0 aliphatic carbocycles. The van der Waals surface area contributed by atoms with Gasteiger partial charge in [0.1, 0.15) is 11.2 Å². The lowest BCUT2D eigenvalue weighted by atomic mass is 9.77. The number of hydrogen-bond acceptors (Lipinski definition) is 3. The average Bonchev–Trinajstić information content (AvgIpc) is 3.85.